The third-order valence-corrected chi connectivity index (χ3v) is 1.51. The number of hydrogen-bond donors (Lipinski definition) is 0. The van der Waals surface area contributed by atoms with Gasteiger partial charge in [-0.15, -0.1) is 0 Å². The van der Waals surface area contributed by atoms with Crippen LogP contribution in [0.2, 0.25) is 0 Å². The van der Waals surface area contributed by atoms with Gasteiger partial charge in [0, 0.05) is 11.6 Å². The van der Waals surface area contributed by atoms with Crippen LogP contribution in [0.25, 0.3) is 0 Å². The molecule has 0 aromatic heterocycles. The molecule has 0 unspecified atom stereocenters. The summed E-state index contributed by atoms with van der Waals surface area (Å²) in [7, 11) is 0. The fourth-order valence-electron chi connectivity index (χ4n) is 0.893. The van der Waals surface area contributed by atoms with Gasteiger partial charge in [-0.25, -0.2) is 0 Å². The van der Waals surface area contributed by atoms with Gasteiger partial charge in [0.1, 0.15) is 0 Å². The Balaban J connectivity index is 4.81. The van der Waals surface area contributed by atoms with E-state index in [4.69, 9.17) is 0 Å². The lowest BCUT2D eigenvalue weighted by Gasteiger charge is -2.23. The molecule has 0 saturated carbocycles. The van der Waals surface area contributed by atoms with Crippen LogP contribution >= 0.6 is 0 Å². The van der Waals surface area contributed by atoms with Crippen molar-refractivity contribution < 1.29 is 9.59 Å². The van der Waals surface area contributed by atoms with E-state index >= 15 is 0 Å². The summed E-state index contributed by atoms with van der Waals surface area (Å²) in [5.41, 5.74) is 0.351. The molecular formula is C10H15NO2. The number of nitrogens with zero attached hydrogens (tertiary/aromatic N) is 1. The number of rotatable bonds is 3. The highest BCUT2D eigenvalue weighted by molar-refractivity contribution is 6.07. The molecular weight excluding hydrogens is 166 g/mol. The lowest BCUT2D eigenvalue weighted by Crippen LogP contribution is -2.41. The van der Waals surface area contributed by atoms with E-state index in [0.29, 0.717) is 5.57 Å². The van der Waals surface area contributed by atoms with E-state index in [1.165, 1.54) is 0 Å². The zero-order chi connectivity index (χ0) is 10.6. The molecule has 0 aliphatic rings. The van der Waals surface area contributed by atoms with E-state index in [0.717, 1.165) is 11.0 Å². The minimum absolute atomic E-state index is 0.172. The molecule has 0 atom stereocenters. The monoisotopic (exact) mass is 181 g/mol. The van der Waals surface area contributed by atoms with Crippen LogP contribution in [0.1, 0.15) is 20.8 Å². The topological polar surface area (TPSA) is 37.4 Å². The van der Waals surface area contributed by atoms with Crippen molar-refractivity contribution in [3.8, 4) is 0 Å². The summed E-state index contributed by atoms with van der Waals surface area (Å²) in [5, 5.41) is 0. The number of carbonyl (C=O) groups excluding carboxylic acids is 2. The van der Waals surface area contributed by atoms with Crippen molar-refractivity contribution in [1.82, 2.24) is 4.90 Å². The van der Waals surface area contributed by atoms with E-state index < -0.39 is 0 Å². The van der Waals surface area contributed by atoms with Gasteiger partial charge in [-0.05, 0) is 26.8 Å². The average molecular weight is 181 g/mol. The molecule has 0 rings (SSSR count). The van der Waals surface area contributed by atoms with Gasteiger partial charge < -0.3 is 0 Å². The second kappa shape index (κ2) is 4.60. The van der Waals surface area contributed by atoms with Crippen LogP contribution in [0.4, 0.5) is 0 Å². The number of amides is 2. The maximum absolute atomic E-state index is 11.4. The summed E-state index contributed by atoms with van der Waals surface area (Å²) in [5.74, 6) is -0.733. The molecule has 0 fully saturated rings. The summed E-state index contributed by atoms with van der Waals surface area (Å²) in [6.45, 7) is 11.9. The molecule has 3 nitrogen and oxygen atoms in total. The SMILES string of the molecule is C=CC(=O)N(C(=O)C(=C)C)C(C)C. The van der Waals surface area contributed by atoms with E-state index in [1.807, 2.05) is 0 Å². The van der Waals surface area contributed by atoms with Crippen LogP contribution in [0, 0.1) is 0 Å². The van der Waals surface area contributed by atoms with E-state index in [2.05, 4.69) is 13.2 Å². The van der Waals surface area contributed by atoms with Crippen LogP contribution < -0.4 is 0 Å². The lowest BCUT2D eigenvalue weighted by molar-refractivity contribution is -0.141. The summed E-state index contributed by atoms with van der Waals surface area (Å²) in [4.78, 5) is 23.8. The molecule has 2 amide bonds. The van der Waals surface area contributed by atoms with Crippen LogP contribution in [0.5, 0.6) is 0 Å². The van der Waals surface area contributed by atoms with Crippen LogP contribution in [0.15, 0.2) is 24.8 Å². The van der Waals surface area contributed by atoms with Gasteiger partial charge >= 0.3 is 0 Å². The predicted octanol–water partition coefficient (Wildman–Crippen LogP) is 1.51. The Hall–Kier alpha value is -1.38. The first-order valence-corrected chi connectivity index (χ1v) is 4.07. The molecule has 0 aromatic carbocycles. The van der Waals surface area contributed by atoms with Crippen molar-refractivity contribution in [1.29, 1.82) is 0 Å². The van der Waals surface area contributed by atoms with Gasteiger partial charge in [0.25, 0.3) is 11.8 Å². The maximum Gasteiger partial charge on any atom is 0.255 e. The van der Waals surface area contributed by atoms with E-state index in [-0.39, 0.29) is 17.9 Å². The number of carbonyl (C=O) groups is 2. The zero-order valence-electron chi connectivity index (χ0n) is 8.33. The standard InChI is InChI=1S/C10H15NO2/c1-6-9(12)11(8(4)5)10(13)7(2)3/h6,8H,1-2H2,3-5H3. The molecule has 0 saturated heterocycles. The molecule has 0 N–H and O–H groups in total. The highest BCUT2D eigenvalue weighted by Gasteiger charge is 2.22. The van der Waals surface area contributed by atoms with Crippen molar-refractivity contribution in [3.63, 3.8) is 0 Å². The van der Waals surface area contributed by atoms with Gasteiger partial charge in [-0.3, -0.25) is 14.5 Å². The van der Waals surface area contributed by atoms with Crippen LogP contribution in [0.3, 0.4) is 0 Å². The largest absolute Gasteiger partial charge is 0.273 e. The van der Waals surface area contributed by atoms with Crippen molar-refractivity contribution in [2.75, 3.05) is 0 Å². The molecule has 0 aromatic rings. The Bertz CT molecular complexity index is 254. The van der Waals surface area contributed by atoms with Crippen LogP contribution in [-0.4, -0.2) is 22.8 Å². The predicted molar refractivity (Wildman–Crippen MR) is 52.0 cm³/mol. The minimum Gasteiger partial charge on any atom is -0.273 e. The molecule has 0 bridgehead atoms. The summed E-state index contributed by atoms with van der Waals surface area (Å²) < 4.78 is 0. The summed E-state index contributed by atoms with van der Waals surface area (Å²) >= 11 is 0. The molecule has 0 radical (unpaired) electrons. The van der Waals surface area contributed by atoms with Gasteiger partial charge in [0.2, 0.25) is 0 Å². The second-order valence-corrected chi connectivity index (χ2v) is 3.09. The lowest BCUT2D eigenvalue weighted by atomic mass is 10.2. The smallest absolute Gasteiger partial charge is 0.255 e. The maximum atomic E-state index is 11.4. The highest BCUT2D eigenvalue weighted by atomic mass is 16.2. The zero-order valence-corrected chi connectivity index (χ0v) is 8.33. The second-order valence-electron chi connectivity index (χ2n) is 3.09. The Morgan fingerprint density at radius 3 is 2.08 bits per heavy atom. The van der Waals surface area contributed by atoms with E-state index in [1.54, 1.807) is 20.8 Å². The molecule has 72 valence electrons. The van der Waals surface area contributed by atoms with Gasteiger partial charge in [0.05, 0.1) is 0 Å². The fourth-order valence-corrected chi connectivity index (χ4v) is 0.893. The van der Waals surface area contributed by atoms with Crippen molar-refractivity contribution in [2.24, 2.45) is 0 Å². The Kier molecular flexibility index (Phi) is 4.11. The Labute approximate surface area is 78.7 Å². The molecule has 0 spiro atoms. The number of imide groups is 1. The molecule has 0 heterocycles. The summed E-state index contributed by atoms with van der Waals surface area (Å²) in [6, 6.07) is -0.172. The normalized spacial score (nSPS) is 9.54. The fraction of sp³-hybridized carbons (Fsp3) is 0.400. The van der Waals surface area contributed by atoms with Crippen molar-refractivity contribution in [2.45, 2.75) is 26.8 Å². The van der Waals surface area contributed by atoms with Crippen molar-refractivity contribution >= 4 is 11.8 Å². The average Bonchev–Trinajstić information content (AvgIpc) is 2.03. The van der Waals surface area contributed by atoms with Gasteiger partial charge in [-0.2, -0.15) is 0 Å². The third-order valence-electron chi connectivity index (χ3n) is 1.51. The quantitative estimate of drug-likeness (QED) is 0.619. The van der Waals surface area contributed by atoms with Crippen LogP contribution in [-0.2, 0) is 9.59 Å². The Morgan fingerprint density at radius 1 is 1.38 bits per heavy atom. The first kappa shape index (κ1) is 11.6. The summed E-state index contributed by atoms with van der Waals surface area (Å²) in [6.07, 6.45) is 1.13. The molecule has 13 heavy (non-hydrogen) atoms. The Morgan fingerprint density at radius 2 is 1.85 bits per heavy atom. The highest BCUT2D eigenvalue weighted by Crippen LogP contribution is 2.05. The first-order chi connectivity index (χ1) is 5.91. The first-order valence-electron chi connectivity index (χ1n) is 4.07. The third kappa shape index (κ3) is 2.86. The number of hydrogen-bond acceptors (Lipinski definition) is 2. The van der Waals surface area contributed by atoms with Gasteiger partial charge in [-0.1, -0.05) is 13.2 Å². The molecule has 0 aliphatic carbocycles. The minimum atomic E-state index is -0.386. The molecule has 0 aliphatic heterocycles. The van der Waals surface area contributed by atoms with E-state index in [9.17, 15) is 9.59 Å². The van der Waals surface area contributed by atoms with Gasteiger partial charge in [0.15, 0.2) is 0 Å². The van der Waals surface area contributed by atoms with Crippen molar-refractivity contribution in [3.05, 3.63) is 24.8 Å². The molecule has 3 heteroatoms.